The third-order valence-corrected chi connectivity index (χ3v) is 4.30. The van der Waals surface area contributed by atoms with Gasteiger partial charge >= 0.3 is 5.97 Å². The van der Waals surface area contributed by atoms with E-state index in [0.29, 0.717) is 13.1 Å². The van der Waals surface area contributed by atoms with Crippen molar-refractivity contribution in [2.24, 2.45) is 5.92 Å². The molecule has 1 N–H and O–H groups in total. The van der Waals surface area contributed by atoms with Gasteiger partial charge < -0.3 is 5.11 Å². The van der Waals surface area contributed by atoms with Crippen LogP contribution in [0.15, 0.2) is 35.7 Å². The fourth-order valence-corrected chi connectivity index (χ4v) is 2.91. The SMILES string of the molecule is CCN(Cc1csc(-c2ccccc2)n1)CC(C)C(=O)O. The molecule has 0 spiro atoms. The summed E-state index contributed by atoms with van der Waals surface area (Å²) >= 11 is 1.63. The van der Waals surface area contributed by atoms with Crippen LogP contribution in [-0.2, 0) is 11.3 Å². The number of carboxylic acid groups (broad SMARTS) is 1. The number of thiazole rings is 1. The maximum Gasteiger partial charge on any atom is 0.307 e. The topological polar surface area (TPSA) is 53.4 Å². The van der Waals surface area contributed by atoms with Crippen LogP contribution >= 0.6 is 11.3 Å². The summed E-state index contributed by atoms with van der Waals surface area (Å²) in [6.07, 6.45) is 0. The monoisotopic (exact) mass is 304 g/mol. The van der Waals surface area contributed by atoms with Crippen LogP contribution in [0.4, 0.5) is 0 Å². The summed E-state index contributed by atoms with van der Waals surface area (Å²) in [7, 11) is 0. The number of aromatic nitrogens is 1. The summed E-state index contributed by atoms with van der Waals surface area (Å²) < 4.78 is 0. The molecular formula is C16H20N2O2S. The van der Waals surface area contributed by atoms with E-state index in [9.17, 15) is 4.79 Å². The summed E-state index contributed by atoms with van der Waals surface area (Å²) in [5, 5.41) is 12.1. The lowest BCUT2D eigenvalue weighted by molar-refractivity contribution is -0.141. The predicted molar refractivity (Wildman–Crippen MR) is 85.3 cm³/mol. The van der Waals surface area contributed by atoms with E-state index in [0.717, 1.165) is 22.8 Å². The number of hydrogen-bond donors (Lipinski definition) is 1. The van der Waals surface area contributed by atoms with Gasteiger partial charge in [-0.25, -0.2) is 4.98 Å². The second-order valence-corrected chi connectivity index (χ2v) is 5.94. The van der Waals surface area contributed by atoms with Crippen LogP contribution < -0.4 is 0 Å². The Morgan fingerprint density at radius 1 is 1.38 bits per heavy atom. The zero-order valence-electron chi connectivity index (χ0n) is 12.3. The second kappa shape index (κ2) is 7.33. The average molecular weight is 304 g/mol. The molecule has 0 radical (unpaired) electrons. The first-order chi connectivity index (χ1) is 10.1. The number of hydrogen-bond acceptors (Lipinski definition) is 4. The molecule has 4 nitrogen and oxygen atoms in total. The van der Waals surface area contributed by atoms with Gasteiger partial charge in [0.1, 0.15) is 5.01 Å². The highest BCUT2D eigenvalue weighted by Crippen LogP contribution is 2.23. The lowest BCUT2D eigenvalue weighted by atomic mass is 10.1. The first kappa shape index (κ1) is 15.7. The van der Waals surface area contributed by atoms with Crippen LogP contribution in [0.3, 0.4) is 0 Å². The van der Waals surface area contributed by atoms with Crippen molar-refractivity contribution in [3.05, 3.63) is 41.4 Å². The van der Waals surface area contributed by atoms with E-state index in [2.05, 4.69) is 15.3 Å². The number of carbonyl (C=O) groups is 1. The van der Waals surface area contributed by atoms with Gasteiger partial charge in [0, 0.05) is 24.0 Å². The molecule has 0 amide bonds. The second-order valence-electron chi connectivity index (χ2n) is 5.08. The van der Waals surface area contributed by atoms with E-state index in [1.165, 1.54) is 0 Å². The van der Waals surface area contributed by atoms with E-state index in [1.807, 2.05) is 37.3 Å². The minimum Gasteiger partial charge on any atom is -0.481 e. The third kappa shape index (κ3) is 4.37. The number of rotatable bonds is 7. The smallest absolute Gasteiger partial charge is 0.307 e. The molecule has 0 saturated carbocycles. The van der Waals surface area contributed by atoms with Gasteiger partial charge in [0.05, 0.1) is 11.6 Å². The molecule has 1 aromatic carbocycles. The Morgan fingerprint density at radius 2 is 2.10 bits per heavy atom. The summed E-state index contributed by atoms with van der Waals surface area (Å²) in [5.41, 5.74) is 2.12. The molecule has 0 bridgehead atoms. The number of aliphatic carboxylic acids is 1. The molecule has 0 aliphatic carbocycles. The molecular weight excluding hydrogens is 284 g/mol. The fraction of sp³-hybridized carbons (Fsp3) is 0.375. The van der Waals surface area contributed by atoms with Gasteiger partial charge in [-0.3, -0.25) is 9.69 Å². The van der Waals surface area contributed by atoms with Crippen LogP contribution in [0.2, 0.25) is 0 Å². The van der Waals surface area contributed by atoms with Gasteiger partial charge in [-0.15, -0.1) is 11.3 Å². The van der Waals surface area contributed by atoms with Gasteiger partial charge in [0.25, 0.3) is 0 Å². The number of benzene rings is 1. The maximum absolute atomic E-state index is 11.0. The quantitative estimate of drug-likeness (QED) is 0.852. The van der Waals surface area contributed by atoms with Crippen molar-refractivity contribution in [2.75, 3.05) is 13.1 Å². The molecule has 0 aliphatic heterocycles. The molecule has 0 aliphatic rings. The van der Waals surface area contributed by atoms with Gasteiger partial charge in [0.2, 0.25) is 0 Å². The molecule has 21 heavy (non-hydrogen) atoms. The molecule has 112 valence electrons. The van der Waals surface area contributed by atoms with Gasteiger partial charge in [0.15, 0.2) is 0 Å². The molecule has 1 atom stereocenters. The van der Waals surface area contributed by atoms with Gasteiger partial charge in [-0.2, -0.15) is 0 Å². The Bertz CT molecular complexity index is 583. The highest BCUT2D eigenvalue weighted by atomic mass is 32.1. The molecule has 5 heteroatoms. The Kier molecular flexibility index (Phi) is 5.47. The van der Waals surface area contributed by atoms with Crippen molar-refractivity contribution in [2.45, 2.75) is 20.4 Å². The van der Waals surface area contributed by atoms with E-state index in [1.54, 1.807) is 18.3 Å². The lowest BCUT2D eigenvalue weighted by Crippen LogP contribution is -2.31. The fourth-order valence-electron chi connectivity index (χ4n) is 2.09. The largest absolute Gasteiger partial charge is 0.481 e. The highest BCUT2D eigenvalue weighted by Gasteiger charge is 2.16. The Morgan fingerprint density at radius 3 is 2.71 bits per heavy atom. The molecule has 2 rings (SSSR count). The zero-order chi connectivity index (χ0) is 15.2. The molecule has 0 saturated heterocycles. The Balaban J connectivity index is 2.02. The minimum atomic E-state index is -0.753. The first-order valence-electron chi connectivity index (χ1n) is 7.05. The molecule has 0 fully saturated rings. The molecule has 1 aromatic heterocycles. The first-order valence-corrected chi connectivity index (χ1v) is 7.93. The number of carboxylic acids is 1. The van der Waals surface area contributed by atoms with E-state index < -0.39 is 5.97 Å². The van der Waals surface area contributed by atoms with Crippen LogP contribution in [0.25, 0.3) is 10.6 Å². The van der Waals surface area contributed by atoms with Gasteiger partial charge in [-0.1, -0.05) is 44.2 Å². The maximum atomic E-state index is 11.0. The van der Waals surface area contributed by atoms with Crippen molar-refractivity contribution in [1.82, 2.24) is 9.88 Å². The summed E-state index contributed by atoms with van der Waals surface area (Å²) in [5.74, 6) is -1.12. The summed E-state index contributed by atoms with van der Waals surface area (Å²) in [4.78, 5) is 17.7. The van der Waals surface area contributed by atoms with E-state index >= 15 is 0 Å². The van der Waals surface area contributed by atoms with Crippen LogP contribution in [0.5, 0.6) is 0 Å². The average Bonchev–Trinajstić information content (AvgIpc) is 2.95. The Labute approximate surface area is 129 Å². The van der Waals surface area contributed by atoms with Crippen molar-refractivity contribution in [3.63, 3.8) is 0 Å². The third-order valence-electron chi connectivity index (χ3n) is 3.36. The molecule has 1 unspecified atom stereocenters. The van der Waals surface area contributed by atoms with Crippen molar-refractivity contribution in [1.29, 1.82) is 0 Å². The molecule has 2 aromatic rings. The zero-order valence-corrected chi connectivity index (χ0v) is 13.1. The normalized spacial score (nSPS) is 12.5. The minimum absolute atomic E-state index is 0.364. The van der Waals surface area contributed by atoms with Crippen molar-refractivity contribution in [3.8, 4) is 10.6 Å². The van der Waals surface area contributed by atoms with Gasteiger partial charge in [-0.05, 0) is 6.54 Å². The van der Waals surface area contributed by atoms with Crippen LogP contribution in [0, 0.1) is 5.92 Å². The van der Waals surface area contributed by atoms with Crippen molar-refractivity contribution >= 4 is 17.3 Å². The highest BCUT2D eigenvalue weighted by molar-refractivity contribution is 7.13. The summed E-state index contributed by atoms with van der Waals surface area (Å²) in [6.45, 7) is 5.83. The number of nitrogens with zero attached hydrogens (tertiary/aromatic N) is 2. The standard InChI is InChI=1S/C16H20N2O2S/c1-3-18(9-12(2)16(19)20)10-14-11-21-15(17-14)13-7-5-4-6-8-13/h4-8,11-12H,3,9-10H2,1-2H3,(H,19,20). The Hall–Kier alpha value is -1.72. The molecule has 1 heterocycles. The predicted octanol–water partition coefficient (Wildman–Crippen LogP) is 3.35. The summed E-state index contributed by atoms with van der Waals surface area (Å²) in [6, 6.07) is 10.1. The lowest BCUT2D eigenvalue weighted by Gasteiger charge is -2.21. The van der Waals surface area contributed by atoms with Crippen molar-refractivity contribution < 1.29 is 9.90 Å². The van der Waals surface area contributed by atoms with E-state index in [-0.39, 0.29) is 5.92 Å². The van der Waals surface area contributed by atoms with E-state index in [4.69, 9.17) is 5.11 Å². The van der Waals surface area contributed by atoms with Crippen LogP contribution in [-0.4, -0.2) is 34.0 Å². The van der Waals surface area contributed by atoms with Crippen LogP contribution in [0.1, 0.15) is 19.5 Å².